The Kier molecular flexibility index (Phi) is 5.34. The number of hydrogen-bond donors (Lipinski definition) is 3. The van der Waals surface area contributed by atoms with Gasteiger partial charge in [-0.05, 0) is 40.5 Å². The predicted octanol–water partition coefficient (Wildman–Crippen LogP) is 1.23. The van der Waals surface area contributed by atoms with Gasteiger partial charge in [-0.3, -0.25) is 0 Å². The van der Waals surface area contributed by atoms with Crippen LogP contribution in [0.15, 0.2) is 11.6 Å². The average Bonchev–Trinajstić information content (AvgIpc) is 1.96. The van der Waals surface area contributed by atoms with E-state index >= 15 is 0 Å². The van der Waals surface area contributed by atoms with E-state index in [0.29, 0.717) is 12.8 Å². The molecule has 0 heterocycles. The molecular formula is C11H22O3. The van der Waals surface area contributed by atoms with Gasteiger partial charge in [0.05, 0.1) is 17.8 Å². The Morgan fingerprint density at radius 3 is 2.21 bits per heavy atom. The minimum atomic E-state index is -1.07. The van der Waals surface area contributed by atoms with Crippen molar-refractivity contribution in [1.29, 1.82) is 0 Å². The summed E-state index contributed by atoms with van der Waals surface area (Å²) in [7, 11) is 0. The van der Waals surface area contributed by atoms with E-state index in [4.69, 9.17) is 5.11 Å². The van der Waals surface area contributed by atoms with Crippen molar-refractivity contribution in [3.63, 3.8) is 0 Å². The quantitative estimate of drug-likeness (QED) is 0.588. The molecule has 0 aliphatic carbocycles. The van der Waals surface area contributed by atoms with Crippen molar-refractivity contribution >= 4 is 0 Å². The fourth-order valence-corrected chi connectivity index (χ4v) is 1.15. The Balaban J connectivity index is 4.03. The fourth-order valence-electron chi connectivity index (χ4n) is 1.15. The van der Waals surface area contributed by atoms with Gasteiger partial charge < -0.3 is 15.3 Å². The third-order valence-corrected chi connectivity index (χ3v) is 2.12. The second-order valence-electron chi connectivity index (χ2n) is 4.51. The summed E-state index contributed by atoms with van der Waals surface area (Å²) in [4.78, 5) is 0. The smallest absolute Gasteiger partial charge is 0.0856 e. The molecule has 0 rings (SSSR count). The number of rotatable bonds is 5. The molecule has 3 nitrogen and oxygen atoms in total. The molecule has 0 saturated heterocycles. The molecule has 0 aliphatic rings. The monoisotopic (exact) mass is 202 g/mol. The molecule has 0 aromatic carbocycles. The summed E-state index contributed by atoms with van der Waals surface area (Å²) in [5, 5.41) is 28.1. The molecule has 0 saturated carbocycles. The van der Waals surface area contributed by atoms with Crippen molar-refractivity contribution < 1.29 is 15.3 Å². The summed E-state index contributed by atoms with van der Waals surface area (Å²) in [5.74, 6) is 0. The molecule has 2 atom stereocenters. The molecule has 0 amide bonds. The lowest BCUT2D eigenvalue weighted by molar-refractivity contribution is -0.0457. The van der Waals surface area contributed by atoms with E-state index in [1.807, 2.05) is 13.0 Å². The number of aliphatic hydroxyl groups is 3. The van der Waals surface area contributed by atoms with Crippen molar-refractivity contribution in [3.8, 4) is 0 Å². The van der Waals surface area contributed by atoms with Crippen LogP contribution in [-0.4, -0.2) is 33.1 Å². The summed E-state index contributed by atoms with van der Waals surface area (Å²) >= 11 is 0. The van der Waals surface area contributed by atoms with Gasteiger partial charge in [0.25, 0.3) is 0 Å². The lowest BCUT2D eigenvalue weighted by Gasteiger charge is -2.23. The molecule has 0 aromatic heterocycles. The minimum Gasteiger partial charge on any atom is -0.393 e. The van der Waals surface area contributed by atoms with Gasteiger partial charge in [0, 0.05) is 0 Å². The maximum absolute atomic E-state index is 9.51. The molecule has 3 heteroatoms. The first kappa shape index (κ1) is 13.6. The van der Waals surface area contributed by atoms with Crippen molar-refractivity contribution in [1.82, 2.24) is 0 Å². The highest BCUT2D eigenvalue weighted by Crippen LogP contribution is 2.14. The van der Waals surface area contributed by atoms with Crippen LogP contribution in [0.1, 0.15) is 40.5 Å². The second kappa shape index (κ2) is 5.49. The Labute approximate surface area is 86.1 Å². The molecule has 0 bridgehead atoms. The third kappa shape index (κ3) is 6.13. The van der Waals surface area contributed by atoms with E-state index in [-0.39, 0.29) is 6.10 Å². The lowest BCUT2D eigenvalue weighted by Crippen LogP contribution is -2.35. The maximum Gasteiger partial charge on any atom is 0.0856 e. The molecule has 0 aromatic rings. The molecule has 3 N–H and O–H groups in total. The Bertz CT molecular complexity index is 189. The fraction of sp³-hybridized carbons (Fsp3) is 0.818. The third-order valence-electron chi connectivity index (χ3n) is 2.12. The molecule has 2 unspecified atom stereocenters. The van der Waals surface area contributed by atoms with Crippen molar-refractivity contribution in [3.05, 3.63) is 11.6 Å². The van der Waals surface area contributed by atoms with Crippen molar-refractivity contribution in [2.24, 2.45) is 0 Å². The van der Waals surface area contributed by atoms with Gasteiger partial charge in [-0.1, -0.05) is 11.6 Å². The van der Waals surface area contributed by atoms with Gasteiger partial charge in [0.2, 0.25) is 0 Å². The summed E-state index contributed by atoms with van der Waals surface area (Å²) in [6.07, 6.45) is 1.77. The minimum absolute atomic E-state index is 0.356. The summed E-state index contributed by atoms with van der Waals surface area (Å²) in [6, 6.07) is 0. The van der Waals surface area contributed by atoms with Gasteiger partial charge in [0.15, 0.2) is 0 Å². The second-order valence-corrected chi connectivity index (χ2v) is 4.51. The van der Waals surface area contributed by atoms with Crippen LogP contribution < -0.4 is 0 Å². The zero-order valence-electron chi connectivity index (χ0n) is 9.49. The van der Waals surface area contributed by atoms with Crippen molar-refractivity contribution in [2.45, 2.75) is 58.3 Å². The molecular weight excluding hydrogens is 180 g/mol. The zero-order valence-corrected chi connectivity index (χ0v) is 9.49. The van der Waals surface area contributed by atoms with Gasteiger partial charge in [-0.25, -0.2) is 0 Å². The Morgan fingerprint density at radius 1 is 1.36 bits per heavy atom. The van der Waals surface area contributed by atoms with E-state index in [2.05, 4.69) is 0 Å². The number of aliphatic hydroxyl groups excluding tert-OH is 2. The molecule has 84 valence electrons. The highest BCUT2D eigenvalue weighted by atomic mass is 16.3. The molecule has 14 heavy (non-hydrogen) atoms. The van der Waals surface area contributed by atoms with E-state index in [1.165, 1.54) is 0 Å². The summed E-state index contributed by atoms with van der Waals surface area (Å²) in [5.41, 5.74) is -0.0370. The van der Waals surface area contributed by atoms with Crippen LogP contribution in [0.5, 0.6) is 0 Å². The first-order valence-corrected chi connectivity index (χ1v) is 4.97. The first-order valence-electron chi connectivity index (χ1n) is 4.97. The van der Waals surface area contributed by atoms with Crippen LogP contribution in [0.3, 0.4) is 0 Å². The van der Waals surface area contributed by atoms with Gasteiger partial charge in [-0.2, -0.15) is 0 Å². The summed E-state index contributed by atoms with van der Waals surface area (Å²) < 4.78 is 0. The SMILES string of the molecule is C/C(=C\CC(O)C(C)(C)O)CC(C)O. The molecule has 0 fully saturated rings. The van der Waals surface area contributed by atoms with Crippen LogP contribution in [0.4, 0.5) is 0 Å². The predicted molar refractivity (Wildman–Crippen MR) is 57.0 cm³/mol. The highest BCUT2D eigenvalue weighted by Gasteiger charge is 2.22. The highest BCUT2D eigenvalue weighted by molar-refractivity contribution is 5.01. The van der Waals surface area contributed by atoms with E-state index in [9.17, 15) is 10.2 Å². The van der Waals surface area contributed by atoms with E-state index < -0.39 is 11.7 Å². The Morgan fingerprint density at radius 2 is 1.86 bits per heavy atom. The molecule has 0 spiro atoms. The van der Waals surface area contributed by atoms with Gasteiger partial charge in [-0.15, -0.1) is 0 Å². The van der Waals surface area contributed by atoms with E-state index in [1.54, 1.807) is 20.8 Å². The van der Waals surface area contributed by atoms with Gasteiger partial charge >= 0.3 is 0 Å². The average molecular weight is 202 g/mol. The van der Waals surface area contributed by atoms with Crippen LogP contribution in [0.25, 0.3) is 0 Å². The zero-order chi connectivity index (χ0) is 11.4. The van der Waals surface area contributed by atoms with Crippen LogP contribution in [-0.2, 0) is 0 Å². The standard InChI is InChI=1S/C11H22O3/c1-8(7-9(2)12)5-6-10(13)11(3,4)14/h5,9-10,12-14H,6-7H2,1-4H3/b8-5+. The summed E-state index contributed by atoms with van der Waals surface area (Å²) in [6.45, 7) is 6.79. The first-order chi connectivity index (χ1) is 6.23. The van der Waals surface area contributed by atoms with Crippen LogP contribution in [0, 0.1) is 0 Å². The normalized spacial score (nSPS) is 18.1. The Hall–Kier alpha value is -0.380. The topological polar surface area (TPSA) is 60.7 Å². The van der Waals surface area contributed by atoms with E-state index in [0.717, 1.165) is 5.57 Å². The lowest BCUT2D eigenvalue weighted by atomic mass is 9.97. The molecule has 0 radical (unpaired) electrons. The largest absolute Gasteiger partial charge is 0.393 e. The van der Waals surface area contributed by atoms with Crippen LogP contribution in [0.2, 0.25) is 0 Å². The maximum atomic E-state index is 9.51. The number of hydrogen-bond acceptors (Lipinski definition) is 3. The van der Waals surface area contributed by atoms with Crippen molar-refractivity contribution in [2.75, 3.05) is 0 Å². The van der Waals surface area contributed by atoms with Crippen LogP contribution >= 0.6 is 0 Å². The van der Waals surface area contributed by atoms with Gasteiger partial charge in [0.1, 0.15) is 0 Å². The molecule has 0 aliphatic heterocycles.